The number of nitrogens with one attached hydrogen (secondary N) is 1. The van der Waals surface area contributed by atoms with Crippen LogP contribution in [0.25, 0.3) is 11.1 Å². The molecule has 0 aliphatic carbocycles. The fourth-order valence-corrected chi connectivity index (χ4v) is 4.70. The highest BCUT2D eigenvalue weighted by atomic mass is 16.5. The number of aromatic nitrogens is 4. The van der Waals surface area contributed by atoms with Gasteiger partial charge in [0.05, 0.1) is 25.0 Å². The van der Waals surface area contributed by atoms with Gasteiger partial charge in [0.15, 0.2) is 0 Å². The minimum absolute atomic E-state index is 0.0271. The van der Waals surface area contributed by atoms with Crippen LogP contribution < -0.4 is 15.0 Å². The molecule has 0 spiro atoms. The van der Waals surface area contributed by atoms with Crippen LogP contribution in [0.4, 0.5) is 10.5 Å². The van der Waals surface area contributed by atoms with Crippen LogP contribution in [0, 0.1) is 0 Å². The molecule has 1 atom stereocenters. The van der Waals surface area contributed by atoms with Crippen LogP contribution in [-0.4, -0.2) is 52.1 Å². The summed E-state index contributed by atoms with van der Waals surface area (Å²) in [6.07, 6.45) is 10.6. The van der Waals surface area contributed by atoms with Gasteiger partial charge in [-0.1, -0.05) is 0 Å². The zero-order valence-electron chi connectivity index (χ0n) is 18.9. The predicted molar refractivity (Wildman–Crippen MR) is 124 cm³/mol. The van der Waals surface area contributed by atoms with E-state index in [-0.39, 0.29) is 18.1 Å². The maximum atomic E-state index is 12.6. The van der Waals surface area contributed by atoms with Crippen molar-refractivity contribution in [3.05, 3.63) is 48.5 Å². The topological polar surface area (TPSA) is 94.4 Å². The van der Waals surface area contributed by atoms with Gasteiger partial charge < -0.3 is 14.8 Å². The first-order valence-corrected chi connectivity index (χ1v) is 11.4. The molecule has 2 aliphatic rings. The number of rotatable bonds is 4. The fourth-order valence-electron chi connectivity index (χ4n) is 4.70. The fraction of sp³-hybridized carbons (Fsp3) is 0.417. The Morgan fingerprint density at radius 2 is 1.94 bits per heavy atom. The van der Waals surface area contributed by atoms with Crippen molar-refractivity contribution in [2.75, 3.05) is 25.1 Å². The monoisotopic (exact) mass is 448 g/mol. The number of nitrogens with zero attached hydrogens (tertiary/aromatic N) is 5. The Balaban J connectivity index is 1.59. The van der Waals surface area contributed by atoms with E-state index in [4.69, 9.17) is 9.47 Å². The molecule has 9 nitrogen and oxygen atoms in total. The SMILES string of the molecule is COC(=O)N1c2ccc(-c3cnn(C4CCNCC4)c3)c(Oc3ncccn3)c2CC[C@@H]1C. The standard InChI is InChI=1S/C24H28N6O3/c1-16-4-5-20-21(30(16)24(31)32-2)7-6-19(22(20)33-23-26-10-3-11-27-23)17-14-28-29(15-17)18-8-12-25-13-9-18/h3,6-7,10-11,14-16,18,25H,4-5,8-9,12-13H2,1-2H3/t16-/m0/s1. The zero-order valence-corrected chi connectivity index (χ0v) is 18.9. The predicted octanol–water partition coefficient (Wildman–Crippen LogP) is 3.96. The van der Waals surface area contributed by atoms with Crippen LogP contribution in [0.1, 0.15) is 37.8 Å². The number of fused-ring (bicyclic) bond motifs is 1. The molecule has 33 heavy (non-hydrogen) atoms. The summed E-state index contributed by atoms with van der Waals surface area (Å²) in [5.41, 5.74) is 3.60. The lowest BCUT2D eigenvalue weighted by Crippen LogP contribution is -2.42. The zero-order chi connectivity index (χ0) is 22.8. The second kappa shape index (κ2) is 9.19. The highest BCUT2D eigenvalue weighted by Gasteiger charge is 2.32. The first kappa shape index (κ1) is 21.4. The first-order chi connectivity index (χ1) is 16.2. The van der Waals surface area contributed by atoms with Crippen molar-refractivity contribution in [2.45, 2.75) is 44.7 Å². The van der Waals surface area contributed by atoms with Crippen LogP contribution in [-0.2, 0) is 11.2 Å². The van der Waals surface area contributed by atoms with Gasteiger partial charge in [-0.15, -0.1) is 0 Å². The number of hydrogen-bond donors (Lipinski definition) is 1. The number of methoxy groups -OCH3 is 1. The molecule has 1 fully saturated rings. The molecule has 2 aliphatic heterocycles. The molecule has 0 unspecified atom stereocenters. The van der Waals surface area contributed by atoms with Crippen molar-refractivity contribution in [3.63, 3.8) is 0 Å². The Morgan fingerprint density at radius 1 is 1.15 bits per heavy atom. The van der Waals surface area contributed by atoms with Gasteiger partial charge in [0.1, 0.15) is 5.75 Å². The molecule has 0 radical (unpaired) electrons. The Kier molecular flexibility index (Phi) is 5.95. The second-order valence-electron chi connectivity index (χ2n) is 8.49. The number of benzene rings is 1. The lowest BCUT2D eigenvalue weighted by molar-refractivity contribution is 0.175. The maximum absolute atomic E-state index is 12.6. The van der Waals surface area contributed by atoms with Gasteiger partial charge in [-0.3, -0.25) is 9.58 Å². The molecule has 1 N–H and O–H groups in total. The highest BCUT2D eigenvalue weighted by molar-refractivity contribution is 5.92. The van der Waals surface area contributed by atoms with Gasteiger partial charge in [0.2, 0.25) is 0 Å². The summed E-state index contributed by atoms with van der Waals surface area (Å²) in [6, 6.07) is 6.38. The van der Waals surface area contributed by atoms with E-state index in [1.807, 2.05) is 25.3 Å². The lowest BCUT2D eigenvalue weighted by atomic mass is 9.92. The number of amides is 1. The summed E-state index contributed by atoms with van der Waals surface area (Å²) in [4.78, 5) is 22.8. The Morgan fingerprint density at radius 3 is 2.70 bits per heavy atom. The van der Waals surface area contributed by atoms with Gasteiger partial charge in [0, 0.05) is 41.3 Å². The van der Waals surface area contributed by atoms with Crippen LogP contribution in [0.3, 0.4) is 0 Å². The third-order valence-corrected chi connectivity index (χ3v) is 6.45. The molecule has 1 aromatic carbocycles. The van der Waals surface area contributed by atoms with E-state index in [0.29, 0.717) is 11.8 Å². The van der Waals surface area contributed by atoms with Crippen LogP contribution in [0.15, 0.2) is 43.0 Å². The summed E-state index contributed by atoms with van der Waals surface area (Å²) < 4.78 is 13.4. The number of hydrogen-bond acceptors (Lipinski definition) is 7. The van der Waals surface area contributed by atoms with Gasteiger partial charge >= 0.3 is 12.1 Å². The van der Waals surface area contributed by atoms with Gasteiger partial charge in [-0.05, 0) is 63.9 Å². The molecule has 3 aromatic rings. The molecule has 1 amide bonds. The van der Waals surface area contributed by atoms with Crippen molar-refractivity contribution < 1.29 is 14.3 Å². The number of carbonyl (C=O) groups excluding carboxylic acids is 1. The molecule has 4 heterocycles. The van der Waals surface area contributed by atoms with E-state index in [2.05, 4.69) is 31.3 Å². The van der Waals surface area contributed by atoms with Crippen LogP contribution in [0.5, 0.6) is 11.8 Å². The minimum Gasteiger partial charge on any atom is -0.452 e. The number of anilines is 1. The molecular weight excluding hydrogens is 420 g/mol. The largest absolute Gasteiger partial charge is 0.452 e. The van der Waals surface area contributed by atoms with E-state index in [9.17, 15) is 4.79 Å². The van der Waals surface area contributed by atoms with E-state index < -0.39 is 0 Å². The molecule has 1 saturated heterocycles. The van der Waals surface area contributed by atoms with Crippen molar-refractivity contribution >= 4 is 11.8 Å². The van der Waals surface area contributed by atoms with Crippen molar-refractivity contribution in [2.24, 2.45) is 0 Å². The molecule has 0 bridgehead atoms. The van der Waals surface area contributed by atoms with Crippen molar-refractivity contribution in [3.8, 4) is 22.9 Å². The number of piperidine rings is 1. The smallest absolute Gasteiger partial charge is 0.414 e. The van der Waals surface area contributed by atoms with Crippen LogP contribution in [0.2, 0.25) is 0 Å². The van der Waals surface area contributed by atoms with E-state index in [0.717, 1.165) is 61.2 Å². The summed E-state index contributed by atoms with van der Waals surface area (Å²) in [5.74, 6) is 0.657. The highest BCUT2D eigenvalue weighted by Crippen LogP contribution is 2.44. The van der Waals surface area contributed by atoms with Gasteiger partial charge in [-0.25, -0.2) is 14.8 Å². The maximum Gasteiger partial charge on any atom is 0.414 e. The Labute approximate surface area is 192 Å². The van der Waals surface area contributed by atoms with E-state index in [1.165, 1.54) is 7.11 Å². The summed E-state index contributed by atoms with van der Waals surface area (Å²) >= 11 is 0. The van der Waals surface area contributed by atoms with Crippen molar-refractivity contribution in [1.29, 1.82) is 0 Å². The molecule has 5 rings (SSSR count). The molecule has 9 heteroatoms. The number of ether oxygens (including phenoxy) is 2. The molecule has 0 saturated carbocycles. The number of carbonyl (C=O) groups is 1. The van der Waals surface area contributed by atoms with Crippen LogP contribution >= 0.6 is 0 Å². The van der Waals surface area contributed by atoms with E-state index >= 15 is 0 Å². The quantitative estimate of drug-likeness (QED) is 0.645. The van der Waals surface area contributed by atoms with Gasteiger partial charge in [0.25, 0.3) is 0 Å². The minimum atomic E-state index is -0.378. The molecular formula is C24H28N6O3. The summed E-state index contributed by atoms with van der Waals surface area (Å²) in [7, 11) is 1.40. The Bertz CT molecular complexity index is 1130. The van der Waals surface area contributed by atoms with E-state index in [1.54, 1.807) is 23.4 Å². The van der Waals surface area contributed by atoms with Crippen molar-refractivity contribution in [1.82, 2.24) is 25.1 Å². The summed E-state index contributed by atoms with van der Waals surface area (Å²) in [6.45, 7) is 4.03. The second-order valence-corrected chi connectivity index (χ2v) is 8.49. The Hall–Kier alpha value is -3.46. The average molecular weight is 449 g/mol. The molecule has 2 aromatic heterocycles. The lowest BCUT2D eigenvalue weighted by Gasteiger charge is -2.35. The average Bonchev–Trinajstić information content (AvgIpc) is 3.35. The third-order valence-electron chi connectivity index (χ3n) is 6.45. The first-order valence-electron chi connectivity index (χ1n) is 11.4. The van der Waals surface area contributed by atoms with Gasteiger partial charge in [-0.2, -0.15) is 5.10 Å². The molecule has 172 valence electrons. The third kappa shape index (κ3) is 4.16. The normalized spacial score (nSPS) is 18.6. The summed E-state index contributed by atoms with van der Waals surface area (Å²) in [5, 5.41) is 8.06.